The van der Waals surface area contributed by atoms with E-state index in [0.717, 1.165) is 0 Å². The van der Waals surface area contributed by atoms with Crippen molar-refractivity contribution in [1.82, 2.24) is 0 Å². The van der Waals surface area contributed by atoms with Gasteiger partial charge in [-0.15, -0.1) is 0 Å². The van der Waals surface area contributed by atoms with Gasteiger partial charge in [0.05, 0.1) is 0 Å². The van der Waals surface area contributed by atoms with Crippen molar-refractivity contribution in [3.63, 3.8) is 0 Å². The molecule has 1 aromatic heterocycles. The summed E-state index contributed by atoms with van der Waals surface area (Å²) in [6, 6.07) is 12.5. The van der Waals surface area contributed by atoms with E-state index in [0.29, 0.717) is 0 Å². The van der Waals surface area contributed by atoms with Crippen molar-refractivity contribution < 1.29 is 4.57 Å². The van der Waals surface area contributed by atoms with Crippen LogP contribution in [-0.4, -0.2) is 0 Å². The average Bonchev–Trinajstić information content (AvgIpc) is 2.23. The Morgan fingerprint density at radius 2 is 1.57 bits per heavy atom. The maximum absolute atomic E-state index is 2.16. The highest BCUT2D eigenvalue weighted by atomic mass is 14.9. The average molecular weight is 184 g/mol. The highest BCUT2D eigenvalue weighted by Crippen LogP contribution is 2.03. The lowest BCUT2D eigenvalue weighted by atomic mass is 10.2. The lowest BCUT2D eigenvalue weighted by molar-refractivity contribution is -0.596. The van der Waals surface area contributed by atoms with E-state index < -0.39 is 0 Å². The molecule has 1 heteroatoms. The fraction of sp³-hybridized carbons (Fsp3) is 0.154. The van der Waals surface area contributed by atoms with Crippen molar-refractivity contribution in [3.8, 4) is 5.69 Å². The Kier molecular flexibility index (Phi) is 2.32. The molecule has 70 valence electrons. The monoisotopic (exact) mass is 184 g/mol. The van der Waals surface area contributed by atoms with Crippen LogP contribution in [0.25, 0.3) is 5.69 Å². The summed E-state index contributed by atoms with van der Waals surface area (Å²) in [7, 11) is 0. The molecule has 0 spiro atoms. The van der Waals surface area contributed by atoms with Crippen LogP contribution in [0, 0.1) is 13.8 Å². The molecular weight excluding hydrogens is 170 g/mol. The standard InChI is InChI=1S/C13H14N/c1-11-8-9-14(10-12(11)2)13-6-4-3-5-7-13/h3-10H,1-2H3/q+1. The number of hydrogen-bond acceptors (Lipinski definition) is 0. The number of aryl methyl sites for hydroxylation is 2. The van der Waals surface area contributed by atoms with Crippen molar-refractivity contribution in [1.29, 1.82) is 0 Å². The van der Waals surface area contributed by atoms with Gasteiger partial charge in [-0.3, -0.25) is 0 Å². The molecule has 14 heavy (non-hydrogen) atoms. The van der Waals surface area contributed by atoms with Crippen LogP contribution < -0.4 is 4.57 Å². The maximum Gasteiger partial charge on any atom is 0.210 e. The van der Waals surface area contributed by atoms with Crippen LogP contribution in [0.3, 0.4) is 0 Å². The molecule has 2 rings (SSSR count). The molecule has 0 fully saturated rings. The van der Waals surface area contributed by atoms with Gasteiger partial charge in [0.25, 0.3) is 0 Å². The van der Waals surface area contributed by atoms with Crippen LogP contribution in [0.15, 0.2) is 48.8 Å². The first-order chi connectivity index (χ1) is 6.77. The van der Waals surface area contributed by atoms with Crippen molar-refractivity contribution in [2.45, 2.75) is 13.8 Å². The molecule has 0 N–H and O–H groups in total. The highest BCUT2D eigenvalue weighted by molar-refractivity contribution is 5.23. The quantitative estimate of drug-likeness (QED) is 0.600. The van der Waals surface area contributed by atoms with E-state index in [4.69, 9.17) is 0 Å². The third kappa shape index (κ3) is 1.67. The van der Waals surface area contributed by atoms with Gasteiger partial charge < -0.3 is 0 Å². The van der Waals surface area contributed by atoms with Crippen LogP contribution in [0.2, 0.25) is 0 Å². The molecule has 0 atom stereocenters. The van der Waals surface area contributed by atoms with Crippen molar-refractivity contribution in [2.75, 3.05) is 0 Å². The van der Waals surface area contributed by atoms with Gasteiger partial charge in [0.1, 0.15) is 0 Å². The minimum Gasteiger partial charge on any atom is -0.167 e. The molecule has 0 amide bonds. The first-order valence-electron chi connectivity index (χ1n) is 4.81. The molecule has 2 aromatic rings. The SMILES string of the molecule is Cc1cc[n+](-c2ccccc2)cc1C. The number of rotatable bonds is 1. The van der Waals surface area contributed by atoms with E-state index in [2.05, 4.69) is 61.1 Å². The summed E-state index contributed by atoms with van der Waals surface area (Å²) in [5.74, 6) is 0. The lowest BCUT2D eigenvalue weighted by Gasteiger charge is -1.98. The van der Waals surface area contributed by atoms with Gasteiger partial charge in [-0.1, -0.05) is 18.2 Å². The fourth-order valence-corrected chi connectivity index (χ4v) is 1.44. The zero-order valence-corrected chi connectivity index (χ0v) is 8.57. The van der Waals surface area contributed by atoms with Crippen LogP contribution >= 0.6 is 0 Å². The second kappa shape index (κ2) is 3.62. The molecule has 0 saturated carbocycles. The number of nitrogens with zero attached hydrogens (tertiary/aromatic N) is 1. The van der Waals surface area contributed by atoms with E-state index in [-0.39, 0.29) is 0 Å². The summed E-state index contributed by atoms with van der Waals surface area (Å²) in [6.07, 6.45) is 4.25. The Balaban J connectivity index is 2.48. The largest absolute Gasteiger partial charge is 0.210 e. The minimum atomic E-state index is 1.20. The first-order valence-corrected chi connectivity index (χ1v) is 4.81. The van der Waals surface area contributed by atoms with Crippen molar-refractivity contribution in [2.24, 2.45) is 0 Å². The number of benzene rings is 1. The Labute approximate surface area is 84.6 Å². The topological polar surface area (TPSA) is 3.88 Å². The maximum atomic E-state index is 2.16. The Bertz CT molecular complexity index is 432. The molecule has 0 aliphatic rings. The third-order valence-corrected chi connectivity index (χ3v) is 2.49. The van der Waals surface area contributed by atoms with Gasteiger partial charge >= 0.3 is 0 Å². The fourth-order valence-electron chi connectivity index (χ4n) is 1.44. The zero-order chi connectivity index (χ0) is 9.97. The van der Waals surface area contributed by atoms with Gasteiger partial charge in [0, 0.05) is 23.8 Å². The molecule has 0 unspecified atom stereocenters. The van der Waals surface area contributed by atoms with E-state index in [1.165, 1.54) is 16.8 Å². The molecule has 1 aromatic carbocycles. The van der Waals surface area contributed by atoms with Gasteiger partial charge in [-0.25, -0.2) is 0 Å². The smallest absolute Gasteiger partial charge is 0.167 e. The number of para-hydroxylation sites is 1. The molecule has 0 bridgehead atoms. The molecule has 0 aliphatic carbocycles. The molecule has 1 heterocycles. The highest BCUT2D eigenvalue weighted by Gasteiger charge is 2.05. The Morgan fingerprint density at radius 3 is 2.21 bits per heavy atom. The zero-order valence-electron chi connectivity index (χ0n) is 8.57. The number of pyridine rings is 1. The number of hydrogen-bond donors (Lipinski definition) is 0. The van der Waals surface area contributed by atoms with Gasteiger partial charge in [0.15, 0.2) is 12.4 Å². The molecular formula is C13H14N+. The predicted molar refractivity (Wildman–Crippen MR) is 57.4 cm³/mol. The van der Waals surface area contributed by atoms with Crippen molar-refractivity contribution >= 4 is 0 Å². The van der Waals surface area contributed by atoms with Crippen LogP contribution in [-0.2, 0) is 0 Å². The third-order valence-electron chi connectivity index (χ3n) is 2.49. The van der Waals surface area contributed by atoms with Gasteiger partial charge in [0.2, 0.25) is 5.69 Å². The van der Waals surface area contributed by atoms with E-state index in [1.807, 2.05) is 6.07 Å². The summed E-state index contributed by atoms with van der Waals surface area (Å²) in [4.78, 5) is 0. The first kappa shape index (κ1) is 8.95. The second-order valence-electron chi connectivity index (χ2n) is 3.55. The summed E-state index contributed by atoms with van der Waals surface area (Å²) < 4.78 is 2.14. The molecule has 1 nitrogen and oxygen atoms in total. The molecule has 0 aliphatic heterocycles. The normalized spacial score (nSPS) is 10.1. The summed E-state index contributed by atoms with van der Waals surface area (Å²) >= 11 is 0. The Morgan fingerprint density at radius 1 is 0.857 bits per heavy atom. The van der Waals surface area contributed by atoms with Gasteiger partial charge in [-0.05, 0) is 19.4 Å². The second-order valence-corrected chi connectivity index (χ2v) is 3.55. The predicted octanol–water partition coefficient (Wildman–Crippen LogP) is 2.58. The van der Waals surface area contributed by atoms with Crippen molar-refractivity contribution in [3.05, 3.63) is 59.9 Å². The molecule has 0 saturated heterocycles. The Hall–Kier alpha value is -1.63. The lowest BCUT2D eigenvalue weighted by Crippen LogP contribution is -2.29. The van der Waals surface area contributed by atoms with Crippen LogP contribution in [0.1, 0.15) is 11.1 Å². The molecule has 0 radical (unpaired) electrons. The number of aromatic nitrogens is 1. The summed E-state index contributed by atoms with van der Waals surface area (Å²) in [5, 5.41) is 0. The van der Waals surface area contributed by atoms with E-state index in [9.17, 15) is 0 Å². The summed E-state index contributed by atoms with van der Waals surface area (Å²) in [5.41, 5.74) is 3.85. The van der Waals surface area contributed by atoms with Crippen LogP contribution in [0.5, 0.6) is 0 Å². The van der Waals surface area contributed by atoms with Crippen LogP contribution in [0.4, 0.5) is 0 Å². The van der Waals surface area contributed by atoms with Gasteiger partial charge in [-0.2, -0.15) is 4.57 Å². The van der Waals surface area contributed by atoms with E-state index in [1.54, 1.807) is 0 Å². The minimum absolute atomic E-state index is 1.20. The van der Waals surface area contributed by atoms with E-state index >= 15 is 0 Å². The summed E-state index contributed by atoms with van der Waals surface area (Å²) in [6.45, 7) is 4.26.